The molecule has 0 atom stereocenters. The van der Waals surface area contributed by atoms with Crippen LogP contribution in [0.3, 0.4) is 0 Å². The summed E-state index contributed by atoms with van der Waals surface area (Å²) in [5.74, 6) is -0.737. The van der Waals surface area contributed by atoms with E-state index in [0.29, 0.717) is 17.8 Å². The molecule has 25 heavy (non-hydrogen) atoms. The molecule has 3 aromatic heterocycles. The summed E-state index contributed by atoms with van der Waals surface area (Å²) in [4.78, 5) is 17.8. The number of thiophene rings is 1. The molecule has 0 radical (unpaired) electrons. The van der Waals surface area contributed by atoms with E-state index < -0.39 is 15.9 Å². The first-order chi connectivity index (χ1) is 11.9. The third-order valence-corrected chi connectivity index (χ3v) is 6.37. The molecule has 0 bridgehead atoms. The first-order valence-electron chi connectivity index (χ1n) is 7.74. The zero-order chi connectivity index (χ0) is 18.0. The van der Waals surface area contributed by atoms with Crippen molar-refractivity contribution in [1.29, 1.82) is 0 Å². The number of carbonyl (C=O) groups excluding carboxylic acids is 1. The zero-order valence-corrected chi connectivity index (χ0v) is 15.5. The molecule has 3 rings (SSSR count). The minimum atomic E-state index is -3.70. The minimum Gasteiger partial charge on any atom is -0.273 e. The molecule has 0 spiro atoms. The molecule has 0 unspecified atom stereocenters. The van der Waals surface area contributed by atoms with E-state index in [-0.39, 0.29) is 5.75 Å². The molecule has 0 fully saturated rings. The first-order valence-corrected chi connectivity index (χ1v) is 10.2. The Hall–Kier alpha value is -2.26. The Morgan fingerprint density at radius 1 is 1.32 bits per heavy atom. The second kappa shape index (κ2) is 6.93. The average molecular weight is 378 g/mol. The molecular formula is C16H18N4O3S2. The molecule has 132 valence electrons. The Morgan fingerprint density at radius 3 is 2.80 bits per heavy atom. The second-order valence-corrected chi connectivity index (χ2v) is 8.58. The van der Waals surface area contributed by atoms with E-state index in [1.165, 1.54) is 11.3 Å². The van der Waals surface area contributed by atoms with Crippen molar-refractivity contribution >= 4 is 37.5 Å². The Morgan fingerprint density at radius 2 is 2.12 bits per heavy atom. The largest absolute Gasteiger partial charge is 0.275 e. The van der Waals surface area contributed by atoms with Crippen LogP contribution in [-0.4, -0.2) is 34.8 Å². The standard InChI is InChI=1S/C16H18N4O3S2/c1-11-5-7-17-16-13(11)12(2)14(24-16)15(21)19-25(22,23)10-4-9-20-8-3-6-18-20/h3,5-8H,4,9-10H2,1-2H3,(H,19,21). The summed E-state index contributed by atoms with van der Waals surface area (Å²) in [6.45, 7) is 4.23. The van der Waals surface area contributed by atoms with Crippen LogP contribution < -0.4 is 4.72 Å². The fourth-order valence-electron chi connectivity index (χ4n) is 2.66. The van der Waals surface area contributed by atoms with Gasteiger partial charge < -0.3 is 0 Å². The molecule has 0 aromatic carbocycles. The smallest absolute Gasteiger partial charge is 0.273 e. The van der Waals surface area contributed by atoms with Crippen LogP contribution in [-0.2, 0) is 16.6 Å². The van der Waals surface area contributed by atoms with E-state index in [2.05, 4.69) is 14.8 Å². The van der Waals surface area contributed by atoms with Gasteiger partial charge in [0.2, 0.25) is 10.0 Å². The van der Waals surface area contributed by atoms with Crippen LogP contribution >= 0.6 is 11.3 Å². The fourth-order valence-corrected chi connectivity index (χ4v) is 4.84. The van der Waals surface area contributed by atoms with Crippen molar-refractivity contribution < 1.29 is 13.2 Å². The van der Waals surface area contributed by atoms with Gasteiger partial charge >= 0.3 is 0 Å². The van der Waals surface area contributed by atoms with E-state index in [1.807, 2.05) is 19.9 Å². The molecule has 0 aliphatic rings. The maximum absolute atomic E-state index is 12.4. The molecular weight excluding hydrogens is 360 g/mol. The summed E-state index contributed by atoms with van der Waals surface area (Å²) in [5, 5.41) is 4.93. The van der Waals surface area contributed by atoms with E-state index >= 15 is 0 Å². The number of aryl methyl sites for hydroxylation is 3. The molecule has 1 N–H and O–H groups in total. The number of aromatic nitrogens is 3. The van der Waals surface area contributed by atoms with Gasteiger partial charge in [0.15, 0.2) is 0 Å². The van der Waals surface area contributed by atoms with Gasteiger partial charge in [-0.05, 0) is 43.5 Å². The monoisotopic (exact) mass is 378 g/mol. The lowest BCUT2D eigenvalue weighted by molar-refractivity contribution is 0.0985. The highest BCUT2D eigenvalue weighted by atomic mass is 32.2. The SMILES string of the molecule is Cc1ccnc2sc(C(=O)NS(=O)(=O)CCCn3cccn3)c(C)c12. The molecule has 9 heteroatoms. The summed E-state index contributed by atoms with van der Waals surface area (Å²) in [6.07, 6.45) is 5.45. The number of fused-ring (bicyclic) bond motifs is 1. The van der Waals surface area contributed by atoms with E-state index in [1.54, 1.807) is 29.3 Å². The Bertz CT molecular complexity index is 1010. The molecule has 7 nitrogen and oxygen atoms in total. The van der Waals surface area contributed by atoms with Gasteiger partial charge in [0.1, 0.15) is 4.83 Å². The summed E-state index contributed by atoms with van der Waals surface area (Å²) in [6, 6.07) is 3.65. The van der Waals surface area contributed by atoms with Crippen LogP contribution in [0.15, 0.2) is 30.7 Å². The van der Waals surface area contributed by atoms with Gasteiger partial charge in [0.05, 0.1) is 10.6 Å². The molecule has 0 aliphatic heterocycles. The third kappa shape index (κ3) is 3.88. The van der Waals surface area contributed by atoms with Gasteiger partial charge in [-0.3, -0.25) is 9.48 Å². The number of carbonyl (C=O) groups is 1. The maximum Gasteiger partial charge on any atom is 0.275 e. The van der Waals surface area contributed by atoms with Crippen molar-refractivity contribution in [3.63, 3.8) is 0 Å². The highest BCUT2D eigenvalue weighted by Gasteiger charge is 2.21. The van der Waals surface area contributed by atoms with Crippen molar-refractivity contribution in [3.05, 3.63) is 46.7 Å². The van der Waals surface area contributed by atoms with Gasteiger partial charge in [-0.15, -0.1) is 11.3 Å². The van der Waals surface area contributed by atoms with Crippen LogP contribution in [0, 0.1) is 13.8 Å². The van der Waals surface area contributed by atoms with Gasteiger partial charge in [0, 0.05) is 30.5 Å². The molecule has 0 saturated carbocycles. The van der Waals surface area contributed by atoms with Crippen LogP contribution in [0.1, 0.15) is 27.2 Å². The Balaban J connectivity index is 1.71. The van der Waals surface area contributed by atoms with E-state index in [9.17, 15) is 13.2 Å². The number of sulfonamides is 1. The quantitative estimate of drug-likeness (QED) is 0.710. The third-order valence-electron chi connectivity index (χ3n) is 3.85. The van der Waals surface area contributed by atoms with Crippen molar-refractivity contribution in [2.24, 2.45) is 0 Å². The van der Waals surface area contributed by atoms with Crippen LogP contribution in [0.5, 0.6) is 0 Å². The van der Waals surface area contributed by atoms with Crippen molar-refractivity contribution in [2.45, 2.75) is 26.8 Å². The summed E-state index contributed by atoms with van der Waals surface area (Å²) >= 11 is 1.21. The second-order valence-electron chi connectivity index (χ2n) is 5.74. The van der Waals surface area contributed by atoms with Crippen molar-refractivity contribution in [2.75, 3.05) is 5.75 Å². The normalized spacial score (nSPS) is 11.8. The fraction of sp³-hybridized carbons (Fsp3) is 0.312. The maximum atomic E-state index is 12.4. The molecule has 1 amide bonds. The van der Waals surface area contributed by atoms with Crippen LogP contribution in [0.25, 0.3) is 10.2 Å². The van der Waals surface area contributed by atoms with Gasteiger partial charge in [-0.1, -0.05) is 0 Å². The molecule has 3 heterocycles. The molecule has 0 saturated heterocycles. The van der Waals surface area contributed by atoms with Gasteiger partial charge in [-0.2, -0.15) is 5.10 Å². The zero-order valence-electron chi connectivity index (χ0n) is 13.9. The minimum absolute atomic E-state index is 0.139. The molecule has 3 aromatic rings. The molecule has 0 aliphatic carbocycles. The summed E-state index contributed by atoms with van der Waals surface area (Å²) in [7, 11) is -3.70. The Labute approximate surface area is 149 Å². The predicted molar refractivity (Wildman–Crippen MR) is 97.2 cm³/mol. The van der Waals surface area contributed by atoms with Crippen LogP contribution in [0.2, 0.25) is 0 Å². The highest BCUT2D eigenvalue weighted by Crippen LogP contribution is 2.31. The average Bonchev–Trinajstić information content (AvgIpc) is 3.15. The highest BCUT2D eigenvalue weighted by molar-refractivity contribution is 7.90. The van der Waals surface area contributed by atoms with E-state index in [0.717, 1.165) is 21.3 Å². The topological polar surface area (TPSA) is 94.0 Å². The van der Waals surface area contributed by atoms with Crippen LogP contribution in [0.4, 0.5) is 0 Å². The number of nitrogens with one attached hydrogen (secondary N) is 1. The van der Waals surface area contributed by atoms with E-state index in [4.69, 9.17) is 0 Å². The first kappa shape index (κ1) is 17.6. The number of amides is 1. The summed E-state index contributed by atoms with van der Waals surface area (Å²) < 4.78 is 28.1. The van der Waals surface area contributed by atoms with Gasteiger partial charge in [0.25, 0.3) is 5.91 Å². The number of nitrogens with zero attached hydrogens (tertiary/aromatic N) is 3. The number of hydrogen-bond acceptors (Lipinski definition) is 6. The van der Waals surface area contributed by atoms with Gasteiger partial charge in [-0.25, -0.2) is 18.1 Å². The lowest BCUT2D eigenvalue weighted by Gasteiger charge is -2.07. The Kier molecular flexibility index (Phi) is 4.87. The summed E-state index contributed by atoms with van der Waals surface area (Å²) in [5.41, 5.74) is 1.77. The lowest BCUT2D eigenvalue weighted by atomic mass is 10.1. The van der Waals surface area contributed by atoms with Crippen molar-refractivity contribution in [3.8, 4) is 0 Å². The predicted octanol–water partition coefficient (Wildman–Crippen LogP) is 2.26. The number of hydrogen-bond donors (Lipinski definition) is 1. The van der Waals surface area contributed by atoms with Crippen molar-refractivity contribution in [1.82, 2.24) is 19.5 Å². The number of pyridine rings is 1. The lowest BCUT2D eigenvalue weighted by Crippen LogP contribution is -2.32. The number of rotatable bonds is 6.